The minimum absolute atomic E-state index is 0.186. The van der Waals surface area contributed by atoms with Crippen LogP contribution in [0.15, 0.2) is 18.3 Å². The topological polar surface area (TPSA) is 53.4 Å². The van der Waals surface area contributed by atoms with Crippen molar-refractivity contribution in [2.45, 2.75) is 26.3 Å². The smallest absolute Gasteiger partial charge is 0.354 e. The summed E-state index contributed by atoms with van der Waals surface area (Å²) < 4.78 is 0. The molecular formula is C13H18N2O2. The summed E-state index contributed by atoms with van der Waals surface area (Å²) in [6.07, 6.45) is 4.00. The van der Waals surface area contributed by atoms with Crippen LogP contribution in [0.1, 0.15) is 35.8 Å². The Labute approximate surface area is 101 Å². The van der Waals surface area contributed by atoms with Crippen molar-refractivity contribution in [1.82, 2.24) is 9.88 Å². The summed E-state index contributed by atoms with van der Waals surface area (Å²) in [4.78, 5) is 17.3. The maximum atomic E-state index is 11.0. The summed E-state index contributed by atoms with van der Waals surface area (Å²) in [7, 11) is 0. The quantitative estimate of drug-likeness (QED) is 0.869. The lowest BCUT2D eigenvalue weighted by Gasteiger charge is -2.30. The van der Waals surface area contributed by atoms with E-state index in [0.717, 1.165) is 18.7 Å². The van der Waals surface area contributed by atoms with Crippen molar-refractivity contribution in [3.05, 3.63) is 29.6 Å². The minimum atomic E-state index is -0.939. The highest BCUT2D eigenvalue weighted by Gasteiger charge is 2.19. The van der Waals surface area contributed by atoms with Crippen LogP contribution in [0.4, 0.5) is 0 Å². The van der Waals surface area contributed by atoms with E-state index in [2.05, 4.69) is 16.8 Å². The zero-order valence-corrected chi connectivity index (χ0v) is 10.1. The van der Waals surface area contributed by atoms with Crippen molar-refractivity contribution in [2.75, 3.05) is 13.1 Å². The summed E-state index contributed by atoms with van der Waals surface area (Å²) in [5.41, 5.74) is 1.000. The van der Waals surface area contributed by atoms with Gasteiger partial charge in [-0.2, -0.15) is 0 Å². The SMILES string of the molecule is CC1CCCN(Cc2cccnc2C(=O)O)C1. The number of hydrogen-bond acceptors (Lipinski definition) is 3. The maximum absolute atomic E-state index is 11.0. The molecular weight excluding hydrogens is 216 g/mol. The molecule has 0 aromatic carbocycles. The van der Waals surface area contributed by atoms with Gasteiger partial charge in [-0.15, -0.1) is 0 Å². The molecule has 0 amide bonds. The van der Waals surface area contributed by atoms with Crippen LogP contribution in [0.25, 0.3) is 0 Å². The minimum Gasteiger partial charge on any atom is -0.477 e. The van der Waals surface area contributed by atoms with Crippen LogP contribution >= 0.6 is 0 Å². The molecule has 1 aromatic rings. The summed E-state index contributed by atoms with van der Waals surface area (Å²) >= 11 is 0. The molecule has 0 radical (unpaired) electrons. The Morgan fingerprint density at radius 3 is 3.18 bits per heavy atom. The Morgan fingerprint density at radius 1 is 1.65 bits per heavy atom. The van der Waals surface area contributed by atoms with Crippen LogP contribution in [0, 0.1) is 5.92 Å². The fourth-order valence-corrected chi connectivity index (χ4v) is 2.43. The van der Waals surface area contributed by atoms with Gasteiger partial charge in [-0.1, -0.05) is 13.0 Å². The molecule has 0 spiro atoms. The molecule has 1 atom stereocenters. The van der Waals surface area contributed by atoms with Gasteiger partial charge in [0.25, 0.3) is 0 Å². The van der Waals surface area contributed by atoms with Gasteiger partial charge in [0.1, 0.15) is 0 Å². The van der Waals surface area contributed by atoms with E-state index in [4.69, 9.17) is 5.11 Å². The Bertz CT molecular complexity index is 406. The van der Waals surface area contributed by atoms with Crippen molar-refractivity contribution in [2.24, 2.45) is 5.92 Å². The second-order valence-electron chi connectivity index (χ2n) is 4.80. The van der Waals surface area contributed by atoms with Crippen molar-refractivity contribution in [1.29, 1.82) is 0 Å². The molecule has 1 aliphatic heterocycles. The van der Waals surface area contributed by atoms with Crippen molar-refractivity contribution >= 4 is 5.97 Å². The molecule has 1 N–H and O–H groups in total. The number of likely N-dealkylation sites (tertiary alicyclic amines) is 1. The molecule has 1 aliphatic rings. The number of carboxylic acids is 1. The molecule has 1 unspecified atom stereocenters. The zero-order valence-electron chi connectivity index (χ0n) is 10.1. The number of rotatable bonds is 3. The van der Waals surface area contributed by atoms with Gasteiger partial charge in [0.05, 0.1) is 0 Å². The third kappa shape index (κ3) is 3.03. The Kier molecular flexibility index (Phi) is 3.74. The molecule has 17 heavy (non-hydrogen) atoms. The Morgan fingerprint density at radius 2 is 2.47 bits per heavy atom. The largest absolute Gasteiger partial charge is 0.477 e. The number of carbonyl (C=O) groups is 1. The number of aromatic nitrogens is 1. The van der Waals surface area contributed by atoms with Gasteiger partial charge >= 0.3 is 5.97 Å². The van der Waals surface area contributed by atoms with E-state index in [9.17, 15) is 4.79 Å². The average molecular weight is 234 g/mol. The first kappa shape index (κ1) is 12.0. The molecule has 4 heteroatoms. The van der Waals surface area contributed by atoms with Gasteiger partial charge < -0.3 is 5.11 Å². The standard InChI is InChI=1S/C13H18N2O2/c1-10-4-3-7-15(8-10)9-11-5-2-6-14-12(11)13(16)17/h2,5-6,10H,3-4,7-9H2,1H3,(H,16,17). The first-order valence-corrected chi connectivity index (χ1v) is 6.06. The van der Waals surface area contributed by atoms with E-state index in [1.54, 1.807) is 6.07 Å². The highest BCUT2D eigenvalue weighted by molar-refractivity contribution is 5.86. The molecule has 2 heterocycles. The van der Waals surface area contributed by atoms with Crippen molar-refractivity contribution in [3.63, 3.8) is 0 Å². The van der Waals surface area contributed by atoms with Gasteiger partial charge in [0.15, 0.2) is 5.69 Å². The van der Waals surface area contributed by atoms with Gasteiger partial charge in [-0.05, 0) is 36.9 Å². The lowest BCUT2D eigenvalue weighted by Crippen LogP contribution is -2.34. The normalized spacial score (nSPS) is 21.4. The molecule has 1 saturated heterocycles. The van der Waals surface area contributed by atoms with E-state index in [-0.39, 0.29) is 5.69 Å². The predicted molar refractivity (Wildman–Crippen MR) is 64.9 cm³/mol. The number of piperidine rings is 1. The molecule has 0 saturated carbocycles. The van der Waals surface area contributed by atoms with Gasteiger partial charge in [0.2, 0.25) is 0 Å². The van der Waals surface area contributed by atoms with Crippen LogP contribution in [0.3, 0.4) is 0 Å². The zero-order chi connectivity index (χ0) is 12.3. The number of pyridine rings is 1. The molecule has 1 fully saturated rings. The van der Waals surface area contributed by atoms with Crippen LogP contribution in [0.5, 0.6) is 0 Å². The first-order valence-electron chi connectivity index (χ1n) is 6.06. The first-order chi connectivity index (χ1) is 8.16. The van der Waals surface area contributed by atoms with Crippen LogP contribution in [-0.2, 0) is 6.54 Å². The fraction of sp³-hybridized carbons (Fsp3) is 0.538. The molecule has 92 valence electrons. The van der Waals surface area contributed by atoms with E-state index >= 15 is 0 Å². The number of aromatic carboxylic acids is 1. The van der Waals surface area contributed by atoms with Gasteiger partial charge in [0, 0.05) is 19.3 Å². The number of carboxylic acid groups (broad SMARTS) is 1. The van der Waals surface area contributed by atoms with Gasteiger partial charge in [-0.3, -0.25) is 4.90 Å². The fourth-order valence-electron chi connectivity index (χ4n) is 2.43. The third-order valence-electron chi connectivity index (χ3n) is 3.23. The van der Waals surface area contributed by atoms with Crippen LogP contribution in [-0.4, -0.2) is 34.0 Å². The van der Waals surface area contributed by atoms with E-state index < -0.39 is 5.97 Å². The summed E-state index contributed by atoms with van der Waals surface area (Å²) in [5, 5.41) is 9.07. The molecule has 0 bridgehead atoms. The summed E-state index contributed by atoms with van der Waals surface area (Å²) in [6.45, 7) is 5.04. The Balaban J connectivity index is 2.10. The maximum Gasteiger partial charge on any atom is 0.354 e. The van der Waals surface area contributed by atoms with Crippen molar-refractivity contribution < 1.29 is 9.90 Å². The second-order valence-corrected chi connectivity index (χ2v) is 4.80. The molecule has 1 aromatic heterocycles. The lowest BCUT2D eigenvalue weighted by molar-refractivity contribution is 0.0687. The number of nitrogens with zero attached hydrogens (tertiary/aromatic N) is 2. The molecule has 4 nitrogen and oxygen atoms in total. The monoisotopic (exact) mass is 234 g/mol. The second kappa shape index (κ2) is 5.27. The van der Waals surface area contributed by atoms with E-state index in [0.29, 0.717) is 12.5 Å². The molecule has 0 aliphatic carbocycles. The van der Waals surface area contributed by atoms with Gasteiger partial charge in [-0.25, -0.2) is 9.78 Å². The van der Waals surface area contributed by atoms with Crippen molar-refractivity contribution in [3.8, 4) is 0 Å². The number of hydrogen-bond donors (Lipinski definition) is 1. The van der Waals surface area contributed by atoms with Crippen LogP contribution in [0.2, 0.25) is 0 Å². The van der Waals surface area contributed by atoms with E-state index in [1.807, 2.05) is 6.07 Å². The average Bonchev–Trinajstić information content (AvgIpc) is 2.29. The highest BCUT2D eigenvalue weighted by Crippen LogP contribution is 2.18. The Hall–Kier alpha value is -1.42. The molecule has 2 rings (SSSR count). The summed E-state index contributed by atoms with van der Waals surface area (Å²) in [5.74, 6) is -0.237. The third-order valence-corrected chi connectivity index (χ3v) is 3.23. The van der Waals surface area contributed by atoms with E-state index in [1.165, 1.54) is 19.0 Å². The summed E-state index contributed by atoms with van der Waals surface area (Å²) in [6, 6.07) is 3.66. The predicted octanol–water partition coefficient (Wildman–Crippen LogP) is 2.01. The highest BCUT2D eigenvalue weighted by atomic mass is 16.4. The lowest BCUT2D eigenvalue weighted by atomic mass is 9.99. The van der Waals surface area contributed by atoms with Crippen LogP contribution < -0.4 is 0 Å².